The van der Waals surface area contributed by atoms with Crippen molar-refractivity contribution in [3.63, 3.8) is 0 Å². The average molecular weight is 287 g/mol. The number of hydrogen-bond donors (Lipinski definition) is 1. The molecule has 2 aliphatic carbocycles. The fourth-order valence-corrected chi connectivity index (χ4v) is 4.12. The minimum atomic E-state index is 0.745. The van der Waals surface area contributed by atoms with Gasteiger partial charge in [0.1, 0.15) is 5.75 Å². The second-order valence-corrected chi connectivity index (χ2v) is 6.86. The first kappa shape index (κ1) is 14.9. The Hall–Kier alpha value is -1.02. The van der Waals surface area contributed by atoms with Gasteiger partial charge in [-0.25, -0.2) is 0 Å². The SMILES string of the molecule is CCC1CCCCC1NC1CC(c2ccc(OC)cc2)C1. The summed E-state index contributed by atoms with van der Waals surface area (Å²) in [5.74, 6) is 2.62. The monoisotopic (exact) mass is 287 g/mol. The summed E-state index contributed by atoms with van der Waals surface area (Å²) >= 11 is 0. The van der Waals surface area contributed by atoms with Crippen LogP contribution in [0.2, 0.25) is 0 Å². The summed E-state index contributed by atoms with van der Waals surface area (Å²) in [6.07, 6.45) is 9.63. The highest BCUT2D eigenvalue weighted by atomic mass is 16.5. The van der Waals surface area contributed by atoms with E-state index >= 15 is 0 Å². The summed E-state index contributed by atoms with van der Waals surface area (Å²) in [6.45, 7) is 2.35. The second kappa shape index (κ2) is 6.83. The van der Waals surface area contributed by atoms with Gasteiger partial charge in [0.25, 0.3) is 0 Å². The predicted molar refractivity (Wildman–Crippen MR) is 87.9 cm³/mol. The van der Waals surface area contributed by atoms with E-state index in [1.165, 1.54) is 50.5 Å². The third-order valence-corrected chi connectivity index (χ3v) is 5.61. The normalized spacial score (nSPS) is 32.5. The lowest BCUT2D eigenvalue weighted by Gasteiger charge is -2.42. The van der Waals surface area contributed by atoms with Crippen LogP contribution < -0.4 is 10.1 Å². The molecule has 0 spiro atoms. The highest BCUT2D eigenvalue weighted by molar-refractivity contribution is 5.31. The lowest BCUT2D eigenvalue weighted by molar-refractivity contribution is 0.189. The smallest absolute Gasteiger partial charge is 0.118 e. The molecule has 116 valence electrons. The summed E-state index contributed by atoms with van der Waals surface area (Å²) in [7, 11) is 1.73. The Bertz CT molecular complexity index is 435. The molecule has 2 aliphatic rings. The van der Waals surface area contributed by atoms with Crippen molar-refractivity contribution < 1.29 is 4.74 Å². The molecule has 0 amide bonds. The van der Waals surface area contributed by atoms with Gasteiger partial charge in [-0.15, -0.1) is 0 Å². The van der Waals surface area contributed by atoms with Crippen molar-refractivity contribution >= 4 is 0 Å². The van der Waals surface area contributed by atoms with Gasteiger partial charge in [0, 0.05) is 12.1 Å². The van der Waals surface area contributed by atoms with Crippen LogP contribution >= 0.6 is 0 Å². The van der Waals surface area contributed by atoms with Gasteiger partial charge in [0.15, 0.2) is 0 Å². The van der Waals surface area contributed by atoms with Crippen LogP contribution in [0.15, 0.2) is 24.3 Å². The van der Waals surface area contributed by atoms with Gasteiger partial charge >= 0.3 is 0 Å². The van der Waals surface area contributed by atoms with E-state index < -0.39 is 0 Å². The van der Waals surface area contributed by atoms with Crippen LogP contribution in [0.4, 0.5) is 0 Å². The molecule has 3 rings (SSSR count). The molecule has 2 fully saturated rings. The molecule has 2 heteroatoms. The molecule has 0 saturated heterocycles. The van der Waals surface area contributed by atoms with Crippen molar-refractivity contribution in [1.29, 1.82) is 0 Å². The number of benzene rings is 1. The van der Waals surface area contributed by atoms with Crippen LogP contribution in [0.1, 0.15) is 63.4 Å². The van der Waals surface area contributed by atoms with Crippen molar-refractivity contribution in [3.8, 4) is 5.75 Å². The van der Waals surface area contributed by atoms with Crippen molar-refractivity contribution in [3.05, 3.63) is 29.8 Å². The van der Waals surface area contributed by atoms with Gasteiger partial charge < -0.3 is 10.1 Å². The van der Waals surface area contributed by atoms with E-state index in [1.807, 2.05) is 0 Å². The molecular formula is C19H29NO. The quantitative estimate of drug-likeness (QED) is 0.861. The standard InChI is InChI=1S/C19H29NO/c1-3-14-6-4-5-7-19(14)20-17-12-16(13-17)15-8-10-18(21-2)11-9-15/h8-11,14,16-17,19-20H,3-7,12-13H2,1-2H3. The molecule has 1 aromatic carbocycles. The fraction of sp³-hybridized carbons (Fsp3) is 0.684. The van der Waals surface area contributed by atoms with Crippen LogP contribution in [0.25, 0.3) is 0 Å². The molecule has 1 N–H and O–H groups in total. The lowest BCUT2D eigenvalue weighted by atomic mass is 9.74. The molecule has 2 nitrogen and oxygen atoms in total. The number of rotatable bonds is 5. The first-order valence-corrected chi connectivity index (χ1v) is 8.70. The molecule has 2 saturated carbocycles. The molecule has 2 atom stereocenters. The molecule has 0 heterocycles. The minimum Gasteiger partial charge on any atom is -0.497 e. The molecule has 0 aliphatic heterocycles. The van der Waals surface area contributed by atoms with Gasteiger partial charge in [-0.2, -0.15) is 0 Å². The Morgan fingerprint density at radius 3 is 2.48 bits per heavy atom. The summed E-state index contributed by atoms with van der Waals surface area (Å²) in [6, 6.07) is 10.2. The molecule has 2 unspecified atom stereocenters. The maximum atomic E-state index is 5.23. The molecule has 21 heavy (non-hydrogen) atoms. The van der Waals surface area contributed by atoms with Crippen LogP contribution in [0.3, 0.4) is 0 Å². The zero-order chi connectivity index (χ0) is 14.7. The summed E-state index contributed by atoms with van der Waals surface area (Å²) < 4.78 is 5.23. The van der Waals surface area contributed by atoms with E-state index in [0.717, 1.165) is 29.7 Å². The maximum Gasteiger partial charge on any atom is 0.118 e. The third-order valence-electron chi connectivity index (χ3n) is 5.61. The molecular weight excluding hydrogens is 258 g/mol. The average Bonchev–Trinajstić information content (AvgIpc) is 2.51. The van der Waals surface area contributed by atoms with E-state index in [0.29, 0.717) is 0 Å². The number of methoxy groups -OCH3 is 1. The van der Waals surface area contributed by atoms with Crippen LogP contribution in [0, 0.1) is 5.92 Å². The molecule has 0 aromatic heterocycles. The van der Waals surface area contributed by atoms with Gasteiger partial charge in [0.05, 0.1) is 7.11 Å². The third kappa shape index (κ3) is 3.42. The highest BCUT2D eigenvalue weighted by Gasteiger charge is 2.33. The van der Waals surface area contributed by atoms with E-state index in [-0.39, 0.29) is 0 Å². The van der Waals surface area contributed by atoms with Gasteiger partial charge in [-0.05, 0) is 55.2 Å². The molecule has 1 aromatic rings. The van der Waals surface area contributed by atoms with E-state index in [1.54, 1.807) is 7.11 Å². The number of hydrogen-bond acceptors (Lipinski definition) is 2. The zero-order valence-electron chi connectivity index (χ0n) is 13.5. The van der Waals surface area contributed by atoms with E-state index in [9.17, 15) is 0 Å². The van der Waals surface area contributed by atoms with Gasteiger partial charge in [0.2, 0.25) is 0 Å². The Labute approximate surface area is 129 Å². The topological polar surface area (TPSA) is 21.3 Å². The van der Waals surface area contributed by atoms with Gasteiger partial charge in [-0.1, -0.05) is 38.3 Å². The largest absolute Gasteiger partial charge is 0.497 e. The first-order valence-electron chi connectivity index (χ1n) is 8.70. The summed E-state index contributed by atoms with van der Waals surface area (Å²) in [4.78, 5) is 0. The van der Waals surface area contributed by atoms with Crippen molar-refractivity contribution in [2.24, 2.45) is 5.92 Å². The van der Waals surface area contributed by atoms with E-state index in [2.05, 4.69) is 36.5 Å². The zero-order valence-corrected chi connectivity index (χ0v) is 13.5. The Balaban J connectivity index is 1.48. The summed E-state index contributed by atoms with van der Waals surface area (Å²) in [5, 5.41) is 3.95. The van der Waals surface area contributed by atoms with Crippen molar-refractivity contribution in [2.75, 3.05) is 7.11 Å². The number of nitrogens with one attached hydrogen (secondary N) is 1. The fourth-order valence-electron chi connectivity index (χ4n) is 4.12. The molecule has 0 bridgehead atoms. The second-order valence-electron chi connectivity index (χ2n) is 6.86. The predicted octanol–water partition coefficient (Wildman–Crippen LogP) is 4.50. The van der Waals surface area contributed by atoms with E-state index in [4.69, 9.17) is 4.74 Å². The van der Waals surface area contributed by atoms with Crippen LogP contribution in [-0.4, -0.2) is 19.2 Å². The molecule has 0 radical (unpaired) electrons. The summed E-state index contributed by atoms with van der Waals surface area (Å²) in [5.41, 5.74) is 1.48. The Morgan fingerprint density at radius 1 is 1.10 bits per heavy atom. The maximum absolute atomic E-state index is 5.23. The van der Waals surface area contributed by atoms with Gasteiger partial charge in [-0.3, -0.25) is 0 Å². The Morgan fingerprint density at radius 2 is 1.81 bits per heavy atom. The van der Waals surface area contributed by atoms with Crippen molar-refractivity contribution in [2.45, 2.75) is 69.9 Å². The van der Waals surface area contributed by atoms with Crippen LogP contribution in [-0.2, 0) is 0 Å². The van der Waals surface area contributed by atoms with Crippen LogP contribution in [0.5, 0.6) is 5.75 Å². The minimum absolute atomic E-state index is 0.745. The number of ether oxygens (including phenoxy) is 1. The lowest BCUT2D eigenvalue weighted by Crippen LogP contribution is -2.49. The Kier molecular flexibility index (Phi) is 4.84. The first-order chi connectivity index (χ1) is 10.3. The van der Waals surface area contributed by atoms with Crippen molar-refractivity contribution in [1.82, 2.24) is 5.32 Å². The highest BCUT2D eigenvalue weighted by Crippen LogP contribution is 2.39.